The number of methoxy groups -OCH3 is 2. The molecule has 5 rings (SSSR count). The topological polar surface area (TPSA) is 55.7 Å². The molecule has 0 bridgehead atoms. The maximum absolute atomic E-state index is 13.1. The van der Waals surface area contributed by atoms with Gasteiger partial charge in [-0.25, -0.2) is 0 Å². The van der Waals surface area contributed by atoms with E-state index in [1.807, 2.05) is 23.1 Å². The van der Waals surface area contributed by atoms with Crippen LogP contribution in [0.25, 0.3) is 5.69 Å². The first kappa shape index (κ1) is 20.5. The summed E-state index contributed by atoms with van der Waals surface area (Å²) >= 11 is 0. The number of likely N-dealkylation sites (tertiary alicyclic amines) is 1. The van der Waals surface area contributed by atoms with Crippen molar-refractivity contribution in [1.82, 2.24) is 9.47 Å². The number of carbonyl (C=O) groups is 1. The summed E-state index contributed by atoms with van der Waals surface area (Å²) in [5.41, 5.74) is 5.66. The Hall–Kier alpha value is -3.41. The third-order valence-corrected chi connectivity index (χ3v) is 6.80. The molecule has 1 fully saturated rings. The highest BCUT2D eigenvalue weighted by Crippen LogP contribution is 2.43. The second-order valence-corrected chi connectivity index (χ2v) is 8.74. The van der Waals surface area contributed by atoms with Crippen LogP contribution in [-0.4, -0.2) is 42.7 Å². The van der Waals surface area contributed by atoms with Gasteiger partial charge in [-0.2, -0.15) is 0 Å². The van der Waals surface area contributed by atoms with E-state index < -0.39 is 0 Å². The lowest BCUT2D eigenvalue weighted by Gasteiger charge is -2.46. The number of nitrogens with zero attached hydrogens (tertiary/aromatic N) is 2. The van der Waals surface area contributed by atoms with Crippen LogP contribution >= 0.6 is 0 Å². The second kappa shape index (κ2) is 7.93. The number of aromatic nitrogens is 1. The summed E-state index contributed by atoms with van der Waals surface area (Å²) in [5, 5.41) is 3.84. The predicted octanol–water partition coefficient (Wildman–Crippen LogP) is 4.29. The highest BCUT2D eigenvalue weighted by atomic mass is 16.5. The van der Waals surface area contributed by atoms with Gasteiger partial charge in [0.1, 0.15) is 0 Å². The molecule has 6 heteroatoms. The number of benzene rings is 2. The van der Waals surface area contributed by atoms with Crippen LogP contribution in [0.2, 0.25) is 0 Å². The number of nitrogens with one attached hydrogen (secondary N) is 1. The molecule has 2 aliphatic heterocycles. The number of carbonyl (C=O) groups excluding carboxylic acids is 1. The van der Waals surface area contributed by atoms with Crippen molar-refractivity contribution in [2.24, 2.45) is 0 Å². The maximum atomic E-state index is 13.1. The number of anilines is 1. The Morgan fingerprint density at radius 1 is 1.03 bits per heavy atom. The van der Waals surface area contributed by atoms with E-state index in [0.29, 0.717) is 17.9 Å². The zero-order valence-electron chi connectivity index (χ0n) is 18.9. The molecule has 1 amide bonds. The molecule has 2 aromatic carbocycles. The first-order valence-corrected chi connectivity index (χ1v) is 11.1. The molecule has 1 spiro atoms. The SMILES string of the molecule is COc1ccc(CC(=O)N2CCC3(CC2)Nc2cc(C)ccc2-n2cccc23)cc1OC. The average molecular weight is 432 g/mol. The number of amides is 1. The van der Waals surface area contributed by atoms with Gasteiger partial charge in [-0.3, -0.25) is 4.79 Å². The van der Waals surface area contributed by atoms with Gasteiger partial charge in [0, 0.05) is 25.0 Å². The normalized spacial score (nSPS) is 16.2. The van der Waals surface area contributed by atoms with Crippen molar-refractivity contribution < 1.29 is 14.3 Å². The number of aryl methyl sites for hydroxylation is 1. The van der Waals surface area contributed by atoms with Gasteiger partial charge in [0.05, 0.1) is 37.6 Å². The molecule has 32 heavy (non-hydrogen) atoms. The predicted molar refractivity (Wildman–Crippen MR) is 125 cm³/mol. The monoisotopic (exact) mass is 431 g/mol. The Balaban J connectivity index is 1.32. The van der Waals surface area contributed by atoms with Crippen LogP contribution in [-0.2, 0) is 16.8 Å². The van der Waals surface area contributed by atoms with Gasteiger partial charge >= 0.3 is 0 Å². The molecule has 1 N–H and O–H groups in total. The Bertz CT molecular complexity index is 1160. The second-order valence-electron chi connectivity index (χ2n) is 8.74. The Kier molecular flexibility index (Phi) is 5.08. The van der Waals surface area contributed by atoms with Gasteiger partial charge in [-0.05, 0) is 67.3 Å². The lowest BCUT2D eigenvalue weighted by molar-refractivity contribution is -0.132. The molecule has 3 heterocycles. The maximum Gasteiger partial charge on any atom is 0.226 e. The highest BCUT2D eigenvalue weighted by Gasteiger charge is 2.42. The van der Waals surface area contributed by atoms with Gasteiger partial charge in [-0.1, -0.05) is 12.1 Å². The van der Waals surface area contributed by atoms with Crippen molar-refractivity contribution in [2.45, 2.75) is 31.7 Å². The number of hydrogen-bond donors (Lipinski definition) is 1. The van der Waals surface area contributed by atoms with Crippen LogP contribution < -0.4 is 14.8 Å². The van der Waals surface area contributed by atoms with Crippen molar-refractivity contribution in [3.8, 4) is 17.2 Å². The molecule has 1 aromatic heterocycles. The summed E-state index contributed by atoms with van der Waals surface area (Å²) in [7, 11) is 3.22. The van der Waals surface area contributed by atoms with E-state index in [4.69, 9.17) is 9.47 Å². The fourth-order valence-electron chi connectivity index (χ4n) is 5.06. The summed E-state index contributed by atoms with van der Waals surface area (Å²) in [6.07, 6.45) is 4.25. The average Bonchev–Trinajstić information content (AvgIpc) is 3.30. The van der Waals surface area contributed by atoms with E-state index in [1.54, 1.807) is 14.2 Å². The van der Waals surface area contributed by atoms with Crippen molar-refractivity contribution in [2.75, 3.05) is 32.6 Å². The fraction of sp³-hybridized carbons (Fsp3) is 0.346. The Morgan fingerprint density at radius 2 is 1.81 bits per heavy atom. The number of rotatable bonds is 4. The number of hydrogen-bond acceptors (Lipinski definition) is 4. The largest absolute Gasteiger partial charge is 0.493 e. The summed E-state index contributed by atoms with van der Waals surface area (Å²) in [6.45, 7) is 3.58. The smallest absolute Gasteiger partial charge is 0.226 e. The first-order chi connectivity index (χ1) is 15.5. The zero-order chi connectivity index (χ0) is 22.3. The lowest BCUT2D eigenvalue weighted by atomic mass is 9.82. The van der Waals surface area contributed by atoms with E-state index in [0.717, 1.165) is 31.5 Å². The van der Waals surface area contributed by atoms with E-state index in [2.05, 4.69) is 53.3 Å². The fourth-order valence-corrected chi connectivity index (χ4v) is 5.06. The van der Waals surface area contributed by atoms with Gasteiger partial charge in [0.25, 0.3) is 0 Å². The molecule has 166 valence electrons. The minimum atomic E-state index is -0.148. The lowest BCUT2D eigenvalue weighted by Crippen LogP contribution is -2.51. The molecule has 2 aliphatic rings. The number of fused-ring (bicyclic) bond motifs is 4. The molecule has 0 atom stereocenters. The molecular weight excluding hydrogens is 402 g/mol. The van der Waals surface area contributed by atoms with Crippen LogP contribution in [0.1, 0.15) is 29.7 Å². The number of piperidine rings is 1. The van der Waals surface area contributed by atoms with Crippen LogP contribution in [0.4, 0.5) is 5.69 Å². The van der Waals surface area contributed by atoms with Gasteiger partial charge in [-0.15, -0.1) is 0 Å². The van der Waals surface area contributed by atoms with Gasteiger partial charge < -0.3 is 24.3 Å². The van der Waals surface area contributed by atoms with Crippen molar-refractivity contribution >= 4 is 11.6 Å². The minimum Gasteiger partial charge on any atom is -0.493 e. The van der Waals surface area contributed by atoms with Crippen LogP contribution in [0.15, 0.2) is 54.7 Å². The van der Waals surface area contributed by atoms with E-state index in [-0.39, 0.29) is 11.4 Å². The summed E-state index contributed by atoms with van der Waals surface area (Å²) in [5.74, 6) is 1.47. The molecule has 0 saturated carbocycles. The standard InChI is InChI=1S/C26H29N3O3/c1-18-6-8-21-20(15-18)27-26(24-5-4-12-29(21)24)10-13-28(14-11-26)25(30)17-19-7-9-22(31-2)23(16-19)32-3/h4-9,12,15-16,27H,10-11,13-14,17H2,1-3H3. The highest BCUT2D eigenvalue weighted by molar-refractivity contribution is 5.79. The summed E-state index contributed by atoms with van der Waals surface area (Å²) < 4.78 is 13.0. The third kappa shape index (κ3) is 3.40. The van der Waals surface area contributed by atoms with Crippen LogP contribution in [0, 0.1) is 6.92 Å². The van der Waals surface area contributed by atoms with Crippen molar-refractivity contribution in [3.05, 3.63) is 71.5 Å². The molecule has 0 aliphatic carbocycles. The summed E-state index contributed by atoms with van der Waals surface area (Å²) in [6, 6.07) is 16.5. The molecule has 0 unspecified atom stereocenters. The van der Waals surface area contributed by atoms with Crippen molar-refractivity contribution in [1.29, 1.82) is 0 Å². The quantitative estimate of drug-likeness (QED) is 0.670. The van der Waals surface area contributed by atoms with E-state index in [9.17, 15) is 4.79 Å². The molecular formula is C26H29N3O3. The van der Waals surface area contributed by atoms with Gasteiger partial charge in [0.15, 0.2) is 11.5 Å². The van der Waals surface area contributed by atoms with E-state index in [1.165, 1.54) is 22.6 Å². The van der Waals surface area contributed by atoms with E-state index >= 15 is 0 Å². The van der Waals surface area contributed by atoms with Crippen LogP contribution in [0.3, 0.4) is 0 Å². The molecule has 6 nitrogen and oxygen atoms in total. The molecule has 1 saturated heterocycles. The molecule has 3 aromatic rings. The Morgan fingerprint density at radius 3 is 2.56 bits per heavy atom. The zero-order valence-corrected chi connectivity index (χ0v) is 18.9. The Labute approximate surface area is 188 Å². The molecule has 0 radical (unpaired) electrons. The number of ether oxygens (including phenoxy) is 2. The summed E-state index contributed by atoms with van der Waals surface area (Å²) in [4.78, 5) is 15.0. The van der Waals surface area contributed by atoms with Crippen molar-refractivity contribution in [3.63, 3.8) is 0 Å². The minimum absolute atomic E-state index is 0.148. The van der Waals surface area contributed by atoms with Gasteiger partial charge in [0.2, 0.25) is 5.91 Å². The first-order valence-electron chi connectivity index (χ1n) is 11.1. The third-order valence-electron chi connectivity index (χ3n) is 6.80. The van der Waals surface area contributed by atoms with Crippen LogP contribution in [0.5, 0.6) is 11.5 Å².